The van der Waals surface area contributed by atoms with E-state index >= 15 is 0 Å². The largest absolute Gasteiger partial charge is 0.497 e. The van der Waals surface area contributed by atoms with Crippen molar-refractivity contribution in [1.29, 1.82) is 0 Å². The number of rotatable bonds is 11. The molecule has 1 aliphatic rings. The van der Waals surface area contributed by atoms with Gasteiger partial charge < -0.3 is 24.8 Å². The SMILES string of the molecule is CCNC(=NCC(C)(C)c1ccc(OC)cc1)NCCCOCC1CCCO1. The molecule has 1 unspecified atom stereocenters. The highest BCUT2D eigenvalue weighted by Gasteiger charge is 2.20. The first-order chi connectivity index (χ1) is 13.5. The van der Waals surface area contributed by atoms with Crippen LogP contribution in [0.2, 0.25) is 0 Å². The zero-order valence-electron chi connectivity index (χ0n) is 17.9. The molecule has 6 nitrogen and oxygen atoms in total. The van der Waals surface area contributed by atoms with E-state index in [0.29, 0.717) is 19.3 Å². The van der Waals surface area contributed by atoms with E-state index in [1.807, 2.05) is 12.1 Å². The van der Waals surface area contributed by atoms with Gasteiger partial charge in [0.15, 0.2) is 5.96 Å². The van der Waals surface area contributed by atoms with Gasteiger partial charge in [-0.25, -0.2) is 0 Å². The Kier molecular flexibility index (Phi) is 9.58. The number of methoxy groups -OCH3 is 1. The van der Waals surface area contributed by atoms with Crippen LogP contribution in [-0.4, -0.2) is 58.6 Å². The number of guanidine groups is 1. The maximum absolute atomic E-state index is 5.71. The van der Waals surface area contributed by atoms with Crippen LogP contribution in [-0.2, 0) is 14.9 Å². The van der Waals surface area contributed by atoms with Crippen LogP contribution in [0.3, 0.4) is 0 Å². The van der Waals surface area contributed by atoms with Gasteiger partial charge in [0.2, 0.25) is 0 Å². The van der Waals surface area contributed by atoms with Crippen molar-refractivity contribution in [3.8, 4) is 5.75 Å². The standard InChI is InChI=1S/C22H37N3O3/c1-5-23-21(24-13-7-14-27-16-20-8-6-15-28-20)25-17-22(2,3)18-9-11-19(26-4)12-10-18/h9-12,20H,5-8,13-17H2,1-4H3,(H2,23,24,25). The molecule has 6 heteroatoms. The summed E-state index contributed by atoms with van der Waals surface area (Å²) >= 11 is 0. The first-order valence-electron chi connectivity index (χ1n) is 10.4. The summed E-state index contributed by atoms with van der Waals surface area (Å²) in [5.74, 6) is 1.72. The van der Waals surface area contributed by atoms with Crippen LogP contribution in [0.15, 0.2) is 29.3 Å². The molecule has 28 heavy (non-hydrogen) atoms. The van der Waals surface area contributed by atoms with E-state index < -0.39 is 0 Å². The maximum atomic E-state index is 5.71. The molecule has 1 fully saturated rings. The van der Waals surface area contributed by atoms with Gasteiger partial charge in [0.05, 0.1) is 26.4 Å². The van der Waals surface area contributed by atoms with Crippen molar-refractivity contribution in [2.24, 2.45) is 4.99 Å². The Bertz CT molecular complexity index is 581. The highest BCUT2D eigenvalue weighted by atomic mass is 16.5. The van der Waals surface area contributed by atoms with Gasteiger partial charge in [-0.05, 0) is 43.9 Å². The molecule has 0 bridgehead atoms. The zero-order valence-corrected chi connectivity index (χ0v) is 17.9. The second-order valence-corrected chi connectivity index (χ2v) is 7.80. The van der Waals surface area contributed by atoms with E-state index in [1.54, 1.807) is 7.11 Å². The van der Waals surface area contributed by atoms with Crippen molar-refractivity contribution in [3.05, 3.63) is 29.8 Å². The molecule has 1 aromatic rings. The average Bonchev–Trinajstić information content (AvgIpc) is 3.22. The smallest absolute Gasteiger partial charge is 0.191 e. The quantitative estimate of drug-likeness (QED) is 0.345. The van der Waals surface area contributed by atoms with Crippen LogP contribution in [0.4, 0.5) is 0 Å². The van der Waals surface area contributed by atoms with E-state index in [1.165, 1.54) is 5.56 Å². The van der Waals surface area contributed by atoms with Crippen molar-refractivity contribution >= 4 is 5.96 Å². The van der Waals surface area contributed by atoms with Crippen LogP contribution in [0.1, 0.15) is 45.6 Å². The molecule has 0 radical (unpaired) electrons. The third-order valence-electron chi connectivity index (χ3n) is 4.93. The number of benzene rings is 1. The topological polar surface area (TPSA) is 64.1 Å². The Labute approximate surface area is 170 Å². The van der Waals surface area contributed by atoms with Gasteiger partial charge in [-0.3, -0.25) is 4.99 Å². The molecule has 2 rings (SSSR count). The second kappa shape index (κ2) is 11.9. The zero-order chi connectivity index (χ0) is 20.2. The number of hydrogen-bond acceptors (Lipinski definition) is 4. The minimum atomic E-state index is -0.0565. The summed E-state index contributed by atoms with van der Waals surface area (Å²) in [4.78, 5) is 4.79. The monoisotopic (exact) mass is 391 g/mol. The minimum absolute atomic E-state index is 0.0565. The fraction of sp³-hybridized carbons (Fsp3) is 0.682. The van der Waals surface area contributed by atoms with Crippen molar-refractivity contribution in [1.82, 2.24) is 10.6 Å². The van der Waals surface area contributed by atoms with Crippen LogP contribution in [0.25, 0.3) is 0 Å². The summed E-state index contributed by atoms with van der Waals surface area (Å²) in [6.07, 6.45) is 3.52. The van der Waals surface area contributed by atoms with E-state index in [-0.39, 0.29) is 5.41 Å². The normalized spacial score (nSPS) is 17.6. The Hall–Kier alpha value is -1.79. The van der Waals surface area contributed by atoms with E-state index in [2.05, 4.69) is 43.5 Å². The summed E-state index contributed by atoms with van der Waals surface area (Å²) in [7, 11) is 1.69. The van der Waals surface area contributed by atoms with E-state index in [9.17, 15) is 0 Å². The molecular weight excluding hydrogens is 354 g/mol. The average molecular weight is 392 g/mol. The lowest BCUT2D eigenvalue weighted by atomic mass is 9.85. The predicted octanol–water partition coefficient (Wildman–Crippen LogP) is 3.11. The fourth-order valence-electron chi connectivity index (χ4n) is 3.12. The minimum Gasteiger partial charge on any atom is -0.497 e. The van der Waals surface area contributed by atoms with Gasteiger partial charge in [0.1, 0.15) is 5.75 Å². The van der Waals surface area contributed by atoms with Gasteiger partial charge in [-0.2, -0.15) is 0 Å². The molecule has 158 valence electrons. The fourth-order valence-corrected chi connectivity index (χ4v) is 3.12. The van der Waals surface area contributed by atoms with Gasteiger partial charge in [0.25, 0.3) is 0 Å². The second-order valence-electron chi connectivity index (χ2n) is 7.80. The summed E-state index contributed by atoms with van der Waals surface area (Å²) in [6.45, 7) is 11.2. The van der Waals surface area contributed by atoms with Gasteiger partial charge in [-0.1, -0.05) is 26.0 Å². The van der Waals surface area contributed by atoms with Crippen molar-refractivity contribution in [2.75, 3.05) is 46.6 Å². The third kappa shape index (κ3) is 7.68. The Balaban J connectivity index is 1.74. The first-order valence-corrected chi connectivity index (χ1v) is 10.4. The lowest BCUT2D eigenvalue weighted by molar-refractivity contribution is 0.0168. The van der Waals surface area contributed by atoms with Gasteiger partial charge in [0, 0.05) is 31.7 Å². The van der Waals surface area contributed by atoms with Crippen molar-refractivity contribution < 1.29 is 14.2 Å². The molecule has 1 saturated heterocycles. The Morgan fingerprint density at radius 2 is 2.04 bits per heavy atom. The number of nitrogens with one attached hydrogen (secondary N) is 2. The molecular formula is C22H37N3O3. The highest BCUT2D eigenvalue weighted by molar-refractivity contribution is 5.79. The lowest BCUT2D eigenvalue weighted by Gasteiger charge is -2.24. The molecule has 0 amide bonds. The van der Waals surface area contributed by atoms with E-state index in [4.69, 9.17) is 19.2 Å². The van der Waals surface area contributed by atoms with Crippen LogP contribution in [0.5, 0.6) is 5.75 Å². The van der Waals surface area contributed by atoms with Crippen molar-refractivity contribution in [2.45, 2.75) is 51.6 Å². The lowest BCUT2D eigenvalue weighted by Crippen LogP contribution is -2.39. The molecule has 1 heterocycles. The summed E-state index contributed by atoms with van der Waals surface area (Å²) in [6, 6.07) is 8.22. The summed E-state index contributed by atoms with van der Waals surface area (Å²) in [5.41, 5.74) is 1.19. The molecule has 0 saturated carbocycles. The number of hydrogen-bond donors (Lipinski definition) is 2. The van der Waals surface area contributed by atoms with Crippen molar-refractivity contribution in [3.63, 3.8) is 0 Å². The number of nitrogens with zero attached hydrogens (tertiary/aromatic N) is 1. The van der Waals surface area contributed by atoms with Gasteiger partial charge in [-0.15, -0.1) is 0 Å². The molecule has 1 atom stereocenters. The Morgan fingerprint density at radius 3 is 2.68 bits per heavy atom. The predicted molar refractivity (Wildman–Crippen MR) is 114 cm³/mol. The molecule has 0 aromatic heterocycles. The molecule has 0 aliphatic carbocycles. The molecule has 2 N–H and O–H groups in total. The van der Waals surface area contributed by atoms with Crippen LogP contribution in [0, 0.1) is 0 Å². The molecule has 0 spiro atoms. The maximum Gasteiger partial charge on any atom is 0.191 e. The first kappa shape index (κ1) is 22.5. The van der Waals surface area contributed by atoms with E-state index in [0.717, 1.165) is 57.3 Å². The highest BCUT2D eigenvalue weighted by Crippen LogP contribution is 2.25. The Morgan fingerprint density at radius 1 is 1.25 bits per heavy atom. The third-order valence-corrected chi connectivity index (χ3v) is 4.93. The number of ether oxygens (including phenoxy) is 3. The summed E-state index contributed by atoms with van der Waals surface area (Å²) in [5, 5.41) is 6.72. The molecule has 1 aliphatic heterocycles. The number of aliphatic imine (C=N–C) groups is 1. The van der Waals surface area contributed by atoms with Crippen LogP contribution < -0.4 is 15.4 Å². The summed E-state index contributed by atoms with van der Waals surface area (Å²) < 4.78 is 16.5. The van der Waals surface area contributed by atoms with Crippen LogP contribution >= 0.6 is 0 Å². The van der Waals surface area contributed by atoms with Gasteiger partial charge >= 0.3 is 0 Å². The molecule has 1 aromatic carbocycles.